The molecule has 0 bridgehead atoms. The van der Waals surface area contributed by atoms with Gasteiger partial charge >= 0.3 is 0 Å². The molecule has 2 aromatic carbocycles. The van der Waals surface area contributed by atoms with Crippen LogP contribution in [0.4, 0.5) is 11.5 Å². The number of pyridine rings is 2. The smallest absolute Gasteiger partial charge is 0.253 e. The zero-order valence-electron chi connectivity index (χ0n) is 16.5. The van der Waals surface area contributed by atoms with Crippen LogP contribution in [0.5, 0.6) is 0 Å². The van der Waals surface area contributed by atoms with Crippen LogP contribution in [0.25, 0.3) is 0 Å². The quantitative estimate of drug-likeness (QED) is 0.492. The first-order valence-electron chi connectivity index (χ1n) is 9.79. The van der Waals surface area contributed by atoms with Crippen molar-refractivity contribution in [2.45, 2.75) is 13.1 Å². The van der Waals surface area contributed by atoms with Gasteiger partial charge in [-0.15, -0.1) is 0 Å². The van der Waals surface area contributed by atoms with Crippen molar-refractivity contribution in [1.82, 2.24) is 15.3 Å². The van der Waals surface area contributed by atoms with E-state index in [2.05, 4.69) is 44.5 Å². The number of rotatable bonds is 7. The van der Waals surface area contributed by atoms with Crippen molar-refractivity contribution in [2.24, 2.45) is 0 Å². The van der Waals surface area contributed by atoms with Crippen molar-refractivity contribution in [2.75, 3.05) is 4.90 Å². The summed E-state index contributed by atoms with van der Waals surface area (Å²) in [5.41, 5.74) is 3.76. The Labute approximate surface area is 176 Å². The van der Waals surface area contributed by atoms with Crippen LogP contribution < -0.4 is 10.2 Å². The first-order chi connectivity index (χ1) is 14.8. The molecule has 0 aliphatic heterocycles. The van der Waals surface area contributed by atoms with E-state index in [1.807, 2.05) is 60.7 Å². The molecule has 2 heterocycles. The summed E-state index contributed by atoms with van der Waals surface area (Å²) in [5.74, 6) is 0.635. The van der Waals surface area contributed by atoms with Crippen molar-refractivity contribution >= 4 is 17.4 Å². The summed E-state index contributed by atoms with van der Waals surface area (Å²) in [4.78, 5) is 23.2. The number of hydrogen-bond acceptors (Lipinski definition) is 4. The van der Waals surface area contributed by atoms with E-state index in [4.69, 9.17) is 0 Å². The summed E-state index contributed by atoms with van der Waals surface area (Å²) in [6.07, 6.45) is 5.05. The third-order valence-electron chi connectivity index (χ3n) is 4.74. The number of carbonyl (C=O) groups excluding carboxylic acids is 1. The number of benzene rings is 2. The third-order valence-corrected chi connectivity index (χ3v) is 4.74. The molecule has 148 valence electrons. The Morgan fingerprint density at radius 1 is 0.800 bits per heavy atom. The van der Waals surface area contributed by atoms with Gasteiger partial charge in [-0.1, -0.05) is 48.5 Å². The minimum atomic E-state index is -0.153. The normalized spacial score (nSPS) is 10.4. The molecule has 0 atom stereocenters. The molecule has 0 aliphatic rings. The van der Waals surface area contributed by atoms with E-state index in [9.17, 15) is 4.79 Å². The lowest BCUT2D eigenvalue weighted by Crippen LogP contribution is -2.23. The van der Waals surface area contributed by atoms with Gasteiger partial charge in [0.25, 0.3) is 5.91 Å². The molecular formula is C25H22N4O. The average Bonchev–Trinajstić information content (AvgIpc) is 2.83. The van der Waals surface area contributed by atoms with E-state index < -0.39 is 0 Å². The molecule has 4 aromatic rings. The van der Waals surface area contributed by atoms with Crippen LogP contribution >= 0.6 is 0 Å². The molecule has 0 saturated carbocycles. The first-order valence-corrected chi connectivity index (χ1v) is 9.79. The van der Waals surface area contributed by atoms with Gasteiger partial charge in [-0.2, -0.15) is 0 Å². The molecule has 5 heteroatoms. The molecule has 1 amide bonds. The van der Waals surface area contributed by atoms with E-state index in [0.717, 1.165) is 17.1 Å². The van der Waals surface area contributed by atoms with Crippen LogP contribution in [0.2, 0.25) is 0 Å². The predicted molar refractivity (Wildman–Crippen MR) is 118 cm³/mol. The largest absolute Gasteiger partial charge is 0.348 e. The molecule has 0 aliphatic carbocycles. The van der Waals surface area contributed by atoms with Gasteiger partial charge in [0.1, 0.15) is 5.82 Å². The number of hydrogen-bond donors (Lipinski definition) is 1. The highest BCUT2D eigenvalue weighted by Gasteiger charge is 2.13. The van der Waals surface area contributed by atoms with Gasteiger partial charge in [-0.3, -0.25) is 9.78 Å². The van der Waals surface area contributed by atoms with E-state index in [1.165, 1.54) is 5.56 Å². The molecule has 1 N–H and O–H groups in total. The lowest BCUT2D eigenvalue weighted by atomic mass is 10.2. The fourth-order valence-electron chi connectivity index (χ4n) is 3.14. The van der Waals surface area contributed by atoms with E-state index in [-0.39, 0.29) is 5.91 Å². The maximum Gasteiger partial charge on any atom is 0.253 e. The van der Waals surface area contributed by atoms with Crippen molar-refractivity contribution in [1.29, 1.82) is 0 Å². The Kier molecular flexibility index (Phi) is 6.11. The molecule has 5 nitrogen and oxygen atoms in total. The van der Waals surface area contributed by atoms with E-state index in [1.54, 1.807) is 18.6 Å². The van der Waals surface area contributed by atoms with Gasteiger partial charge < -0.3 is 10.2 Å². The molecule has 0 fully saturated rings. The second-order valence-electron chi connectivity index (χ2n) is 6.85. The van der Waals surface area contributed by atoms with Gasteiger partial charge in [0, 0.05) is 37.4 Å². The van der Waals surface area contributed by atoms with Crippen molar-refractivity contribution in [3.63, 3.8) is 0 Å². The Balaban J connectivity index is 1.51. The maximum atomic E-state index is 12.5. The molecule has 0 saturated heterocycles. The van der Waals surface area contributed by atoms with Crippen LogP contribution in [-0.4, -0.2) is 15.9 Å². The number of para-hydroxylation sites is 1. The Morgan fingerprint density at radius 2 is 1.50 bits per heavy atom. The molecule has 0 radical (unpaired) electrons. The zero-order valence-corrected chi connectivity index (χ0v) is 16.5. The SMILES string of the molecule is O=C(NCc1ccncc1)c1ccc(N(Cc2ccccc2)c2ccccc2)nc1. The van der Waals surface area contributed by atoms with Crippen LogP contribution in [0.1, 0.15) is 21.5 Å². The number of aromatic nitrogens is 2. The molecule has 30 heavy (non-hydrogen) atoms. The number of amides is 1. The highest BCUT2D eigenvalue weighted by atomic mass is 16.1. The minimum Gasteiger partial charge on any atom is -0.348 e. The van der Waals surface area contributed by atoms with Gasteiger partial charge in [0.05, 0.1) is 5.56 Å². The minimum absolute atomic E-state index is 0.153. The van der Waals surface area contributed by atoms with Crippen molar-refractivity contribution < 1.29 is 4.79 Å². The average molecular weight is 394 g/mol. The number of carbonyl (C=O) groups is 1. The first kappa shape index (κ1) is 19.3. The monoisotopic (exact) mass is 394 g/mol. The summed E-state index contributed by atoms with van der Waals surface area (Å²) in [7, 11) is 0. The summed E-state index contributed by atoms with van der Waals surface area (Å²) in [5, 5.41) is 2.92. The second-order valence-corrected chi connectivity index (χ2v) is 6.85. The molecule has 2 aromatic heterocycles. The molecule has 0 spiro atoms. The van der Waals surface area contributed by atoms with Gasteiger partial charge in [-0.25, -0.2) is 4.98 Å². The highest BCUT2D eigenvalue weighted by molar-refractivity contribution is 5.94. The third kappa shape index (κ3) is 4.89. The fourth-order valence-corrected chi connectivity index (χ4v) is 3.14. The summed E-state index contributed by atoms with van der Waals surface area (Å²) < 4.78 is 0. The standard InChI is InChI=1S/C25H22N4O/c30-25(28-17-20-13-15-26-16-14-20)22-11-12-24(27-18-22)29(23-9-5-2-6-10-23)19-21-7-3-1-4-8-21/h1-16,18H,17,19H2,(H,28,30). The van der Waals surface area contributed by atoms with Crippen molar-refractivity contribution in [3.8, 4) is 0 Å². The molecular weight excluding hydrogens is 372 g/mol. The van der Waals surface area contributed by atoms with E-state index >= 15 is 0 Å². The predicted octanol–water partition coefficient (Wildman–Crippen LogP) is 4.74. The Morgan fingerprint density at radius 3 is 2.17 bits per heavy atom. The number of nitrogens with zero attached hydrogens (tertiary/aromatic N) is 3. The lowest BCUT2D eigenvalue weighted by molar-refractivity contribution is 0.0950. The fraction of sp³-hybridized carbons (Fsp3) is 0.0800. The number of anilines is 2. The van der Waals surface area contributed by atoms with E-state index in [0.29, 0.717) is 18.7 Å². The Hall–Kier alpha value is -3.99. The Bertz CT molecular complexity index is 1070. The maximum absolute atomic E-state index is 12.5. The summed E-state index contributed by atoms with van der Waals surface area (Å²) in [6, 6.07) is 27.8. The van der Waals surface area contributed by atoms with Gasteiger partial charge in [0.2, 0.25) is 0 Å². The summed E-state index contributed by atoms with van der Waals surface area (Å²) in [6.45, 7) is 1.14. The van der Waals surface area contributed by atoms with Gasteiger partial charge in [0.15, 0.2) is 0 Å². The summed E-state index contributed by atoms with van der Waals surface area (Å²) >= 11 is 0. The molecule has 0 unspecified atom stereocenters. The lowest BCUT2D eigenvalue weighted by Gasteiger charge is -2.24. The van der Waals surface area contributed by atoms with Crippen molar-refractivity contribution in [3.05, 3.63) is 120 Å². The second kappa shape index (κ2) is 9.47. The van der Waals surface area contributed by atoms with Crippen LogP contribution in [0.3, 0.4) is 0 Å². The van der Waals surface area contributed by atoms with Crippen LogP contribution in [0.15, 0.2) is 104 Å². The topological polar surface area (TPSA) is 58.1 Å². The van der Waals surface area contributed by atoms with Crippen LogP contribution in [0, 0.1) is 0 Å². The molecule has 4 rings (SSSR count). The van der Waals surface area contributed by atoms with Gasteiger partial charge in [-0.05, 0) is 47.5 Å². The van der Waals surface area contributed by atoms with Crippen LogP contribution in [-0.2, 0) is 13.1 Å². The highest BCUT2D eigenvalue weighted by Crippen LogP contribution is 2.25. The zero-order chi connectivity index (χ0) is 20.6. The number of nitrogens with one attached hydrogen (secondary N) is 1.